The third kappa shape index (κ3) is 3.49. The van der Waals surface area contributed by atoms with Crippen LogP contribution in [0, 0.1) is 0 Å². The van der Waals surface area contributed by atoms with Gasteiger partial charge in [-0.3, -0.25) is 0 Å². The number of allylic oxidation sites excluding steroid dienone is 2. The van der Waals surface area contributed by atoms with Crippen LogP contribution in [0.3, 0.4) is 0 Å². The van der Waals surface area contributed by atoms with Crippen LogP contribution in [0.4, 0.5) is 11.4 Å². The fourth-order valence-electron chi connectivity index (χ4n) is 3.06. The van der Waals surface area contributed by atoms with Crippen LogP contribution in [0.25, 0.3) is 0 Å². The fraction of sp³-hybridized carbons (Fsp3) is 0.143. The van der Waals surface area contributed by atoms with E-state index < -0.39 is 0 Å². The Kier molecular flexibility index (Phi) is 5.48. The van der Waals surface area contributed by atoms with Crippen LogP contribution in [0.5, 0.6) is 0 Å². The molecule has 3 nitrogen and oxygen atoms in total. The van der Waals surface area contributed by atoms with E-state index in [0.717, 1.165) is 26.5 Å². The van der Waals surface area contributed by atoms with Gasteiger partial charge in [0.05, 0.1) is 10.7 Å². The van der Waals surface area contributed by atoms with Gasteiger partial charge >= 0.3 is 5.91 Å². The van der Waals surface area contributed by atoms with Crippen molar-refractivity contribution in [2.24, 2.45) is 0 Å². The molecule has 0 unspecified atom stereocenters. The number of benzene rings is 2. The Bertz CT molecular complexity index is 980. The second kappa shape index (κ2) is 8.00. The summed E-state index contributed by atoms with van der Waals surface area (Å²) < 4.78 is 2.79. The highest BCUT2D eigenvalue weighted by molar-refractivity contribution is 8.40. The first-order chi connectivity index (χ1) is 13.2. The number of hydrogen-bond acceptors (Lipinski definition) is 5. The average Bonchev–Trinajstić information content (AvgIpc) is 3.23. The highest BCUT2D eigenvalue weighted by Crippen LogP contribution is 2.45. The molecule has 0 fully saturated rings. The lowest BCUT2D eigenvalue weighted by Crippen LogP contribution is -2.16. The molecule has 0 bridgehead atoms. The van der Waals surface area contributed by atoms with Crippen molar-refractivity contribution in [3.63, 3.8) is 0 Å². The highest BCUT2D eigenvalue weighted by Gasteiger charge is 2.39. The molecule has 0 N–H and O–H groups in total. The van der Waals surface area contributed by atoms with Crippen LogP contribution < -0.4 is 4.90 Å². The molecule has 0 atom stereocenters. The van der Waals surface area contributed by atoms with Crippen molar-refractivity contribution in [1.82, 2.24) is 0 Å². The summed E-state index contributed by atoms with van der Waals surface area (Å²) in [6.07, 6.45) is 6.04. The molecule has 2 aromatic carbocycles. The Morgan fingerprint density at radius 2 is 1.78 bits per heavy atom. The van der Waals surface area contributed by atoms with Crippen molar-refractivity contribution in [3.05, 3.63) is 76.7 Å². The van der Waals surface area contributed by atoms with Gasteiger partial charge in [0.1, 0.15) is 4.91 Å². The van der Waals surface area contributed by atoms with Gasteiger partial charge < -0.3 is 4.90 Å². The molecule has 2 aromatic rings. The summed E-state index contributed by atoms with van der Waals surface area (Å²) in [5.74, 6) is 0.0379. The standard InChI is InChI=1S/C21H19N2OS3/c1-3-22-16-11-7-8-12-17(16)26-19(22)14-13-18-20(24)23(21(25-2)27-18)15-9-5-4-6-10-15/h4-14H,3H2,1-2H3/q+1/b18-13-,19-14-. The smallest absolute Gasteiger partial charge is 0.335 e. The van der Waals surface area contributed by atoms with Crippen molar-refractivity contribution < 1.29 is 9.37 Å². The maximum atomic E-state index is 13.0. The quantitative estimate of drug-likeness (QED) is 0.478. The number of hydrogen-bond donors (Lipinski definition) is 0. The molecule has 0 aliphatic carbocycles. The summed E-state index contributed by atoms with van der Waals surface area (Å²) in [7, 11) is 0. The maximum absolute atomic E-state index is 13.0. The van der Waals surface area contributed by atoms with Crippen molar-refractivity contribution in [3.8, 4) is 0 Å². The third-order valence-electron chi connectivity index (χ3n) is 4.31. The van der Waals surface area contributed by atoms with E-state index in [1.807, 2.05) is 42.7 Å². The third-order valence-corrected chi connectivity index (χ3v) is 7.61. The van der Waals surface area contributed by atoms with Crippen LogP contribution in [0.2, 0.25) is 0 Å². The van der Waals surface area contributed by atoms with Crippen LogP contribution in [0.1, 0.15) is 6.92 Å². The molecular formula is C21H19N2OS3+. The monoisotopic (exact) mass is 411 g/mol. The summed E-state index contributed by atoms with van der Waals surface area (Å²) in [5.41, 5.74) is 2.15. The zero-order valence-electron chi connectivity index (χ0n) is 15.1. The molecule has 6 heteroatoms. The molecule has 136 valence electrons. The van der Waals surface area contributed by atoms with E-state index in [1.165, 1.54) is 10.6 Å². The SMILES string of the molecule is CCN1/C(=C/C=C2\SC(SC)=[N+](c3ccccc3)C2=O)Sc2ccccc21. The number of carbonyl (C=O) groups is 1. The summed E-state index contributed by atoms with van der Waals surface area (Å²) in [4.78, 5) is 17.3. The van der Waals surface area contributed by atoms with Gasteiger partial charge in [-0.15, -0.1) is 4.58 Å². The molecule has 2 aliphatic heterocycles. The van der Waals surface area contributed by atoms with Crippen molar-refractivity contribution in [1.29, 1.82) is 0 Å². The topological polar surface area (TPSA) is 23.3 Å². The van der Waals surface area contributed by atoms with Gasteiger partial charge in [0.2, 0.25) is 5.69 Å². The lowest BCUT2D eigenvalue weighted by Gasteiger charge is -2.17. The van der Waals surface area contributed by atoms with E-state index in [1.54, 1.807) is 39.9 Å². The van der Waals surface area contributed by atoms with E-state index >= 15 is 0 Å². The number of rotatable bonds is 3. The number of para-hydroxylation sites is 2. The van der Waals surface area contributed by atoms with E-state index in [4.69, 9.17) is 0 Å². The predicted octanol–water partition coefficient (Wildman–Crippen LogP) is 5.68. The average molecular weight is 412 g/mol. The van der Waals surface area contributed by atoms with E-state index in [9.17, 15) is 4.79 Å². The normalized spacial score (nSPS) is 19.5. The van der Waals surface area contributed by atoms with Gasteiger partial charge in [-0.1, -0.05) is 53.9 Å². The number of carbonyl (C=O) groups excluding carboxylic acids is 1. The molecule has 0 saturated carbocycles. The summed E-state index contributed by atoms with van der Waals surface area (Å²) >= 11 is 4.90. The molecule has 0 radical (unpaired) electrons. The lowest BCUT2D eigenvalue weighted by atomic mass is 10.3. The minimum atomic E-state index is 0.0379. The van der Waals surface area contributed by atoms with Gasteiger partial charge in [-0.25, -0.2) is 4.79 Å². The molecule has 0 saturated heterocycles. The van der Waals surface area contributed by atoms with Gasteiger partial charge in [0.15, 0.2) is 0 Å². The minimum Gasteiger partial charge on any atom is -0.335 e. The number of amides is 1. The zero-order valence-corrected chi connectivity index (χ0v) is 17.5. The molecule has 0 spiro atoms. The molecule has 1 amide bonds. The first-order valence-corrected chi connectivity index (χ1v) is 11.5. The second-order valence-corrected chi connectivity index (χ2v) is 9.04. The van der Waals surface area contributed by atoms with E-state index in [2.05, 4.69) is 42.2 Å². The van der Waals surface area contributed by atoms with Gasteiger partial charge in [-0.2, -0.15) is 0 Å². The fourth-order valence-corrected chi connectivity index (χ4v) is 5.95. The van der Waals surface area contributed by atoms with Crippen LogP contribution in [0.15, 0.2) is 81.6 Å². The van der Waals surface area contributed by atoms with E-state index in [0.29, 0.717) is 0 Å². The number of thioether (sulfide) groups is 3. The Hall–Kier alpha value is -1.89. The van der Waals surface area contributed by atoms with E-state index in [-0.39, 0.29) is 5.91 Å². The molecule has 27 heavy (non-hydrogen) atoms. The van der Waals surface area contributed by atoms with Gasteiger partial charge in [0, 0.05) is 23.6 Å². The highest BCUT2D eigenvalue weighted by atomic mass is 32.2. The minimum absolute atomic E-state index is 0.0379. The Balaban J connectivity index is 1.63. The van der Waals surface area contributed by atoms with Crippen molar-refractivity contribution in [2.45, 2.75) is 11.8 Å². The molecule has 2 aliphatic rings. The number of anilines is 1. The Labute approximate surface area is 172 Å². The number of fused-ring (bicyclic) bond motifs is 1. The van der Waals surface area contributed by atoms with Gasteiger partial charge in [0.25, 0.3) is 4.38 Å². The molecular weight excluding hydrogens is 392 g/mol. The Morgan fingerprint density at radius 1 is 1.04 bits per heavy atom. The zero-order chi connectivity index (χ0) is 18.8. The first-order valence-electron chi connectivity index (χ1n) is 8.67. The van der Waals surface area contributed by atoms with Crippen LogP contribution in [-0.4, -0.2) is 27.7 Å². The predicted molar refractivity (Wildman–Crippen MR) is 119 cm³/mol. The Morgan fingerprint density at radius 3 is 2.52 bits per heavy atom. The molecule has 2 heterocycles. The van der Waals surface area contributed by atoms with Gasteiger partial charge in [-0.05, 0) is 49.2 Å². The van der Waals surface area contributed by atoms with Crippen LogP contribution >= 0.6 is 35.3 Å². The second-order valence-electron chi connectivity index (χ2n) is 5.90. The van der Waals surface area contributed by atoms with Crippen molar-refractivity contribution >= 4 is 56.9 Å². The molecule has 4 rings (SSSR count). The first kappa shape index (κ1) is 18.5. The molecule has 0 aromatic heterocycles. The lowest BCUT2D eigenvalue weighted by molar-refractivity contribution is -0.354. The summed E-state index contributed by atoms with van der Waals surface area (Å²) in [6, 6.07) is 18.2. The number of nitrogens with zero attached hydrogens (tertiary/aromatic N) is 2. The summed E-state index contributed by atoms with van der Waals surface area (Å²) in [5, 5.41) is 1.16. The van der Waals surface area contributed by atoms with Crippen LogP contribution in [-0.2, 0) is 4.79 Å². The summed E-state index contributed by atoms with van der Waals surface area (Å²) in [6.45, 7) is 3.05. The van der Waals surface area contributed by atoms with Crippen molar-refractivity contribution in [2.75, 3.05) is 17.7 Å². The maximum Gasteiger partial charge on any atom is 0.433 e. The largest absolute Gasteiger partial charge is 0.433 e.